The lowest BCUT2D eigenvalue weighted by Gasteiger charge is -2.11. The number of benzene rings is 2. The summed E-state index contributed by atoms with van der Waals surface area (Å²) in [5.74, 6) is -0.300. The summed E-state index contributed by atoms with van der Waals surface area (Å²) in [4.78, 5) is 17.8. The minimum absolute atomic E-state index is 0.160. The van der Waals surface area contributed by atoms with Crippen molar-refractivity contribution in [1.82, 2.24) is 9.29 Å². The molecule has 0 spiro atoms. The summed E-state index contributed by atoms with van der Waals surface area (Å²) in [6.07, 6.45) is 0. The lowest BCUT2D eigenvalue weighted by molar-refractivity contribution is 0.103. The van der Waals surface area contributed by atoms with E-state index in [1.54, 1.807) is 31.2 Å². The summed E-state index contributed by atoms with van der Waals surface area (Å²) in [7, 11) is -0.575. The SMILES string of the molecule is Cc1nc(-c2cccc(Cl)c2)sc1C(=O)Nc1ccc(S(=O)(=O)N(C)C)cc1. The van der Waals surface area contributed by atoms with Crippen molar-refractivity contribution in [3.63, 3.8) is 0 Å². The van der Waals surface area contributed by atoms with Gasteiger partial charge in [0.2, 0.25) is 10.0 Å². The van der Waals surface area contributed by atoms with E-state index in [2.05, 4.69) is 10.3 Å². The first kappa shape index (κ1) is 20.5. The van der Waals surface area contributed by atoms with Gasteiger partial charge < -0.3 is 5.32 Å². The Morgan fingerprint density at radius 1 is 1.14 bits per heavy atom. The molecule has 0 aliphatic rings. The zero-order valence-electron chi connectivity index (χ0n) is 15.4. The molecule has 0 fully saturated rings. The van der Waals surface area contributed by atoms with Gasteiger partial charge in [-0.25, -0.2) is 17.7 Å². The molecule has 0 saturated carbocycles. The molecule has 0 bridgehead atoms. The normalized spacial score (nSPS) is 11.6. The van der Waals surface area contributed by atoms with E-state index >= 15 is 0 Å². The molecule has 0 aliphatic heterocycles. The van der Waals surface area contributed by atoms with Gasteiger partial charge in [-0.1, -0.05) is 23.7 Å². The number of carbonyl (C=O) groups is 1. The molecule has 0 atom stereocenters. The molecule has 0 radical (unpaired) electrons. The third kappa shape index (κ3) is 4.25. The number of hydrogen-bond acceptors (Lipinski definition) is 5. The van der Waals surface area contributed by atoms with E-state index in [0.29, 0.717) is 26.3 Å². The number of halogens is 1. The topological polar surface area (TPSA) is 79.4 Å². The van der Waals surface area contributed by atoms with Crippen LogP contribution in [0.4, 0.5) is 5.69 Å². The van der Waals surface area contributed by atoms with Gasteiger partial charge >= 0.3 is 0 Å². The molecule has 3 aromatic rings. The van der Waals surface area contributed by atoms with E-state index in [1.165, 1.54) is 37.6 Å². The van der Waals surface area contributed by atoms with Gasteiger partial charge in [-0.2, -0.15) is 0 Å². The van der Waals surface area contributed by atoms with E-state index < -0.39 is 10.0 Å². The van der Waals surface area contributed by atoms with Gasteiger partial charge in [0.25, 0.3) is 5.91 Å². The third-order valence-electron chi connectivity index (χ3n) is 3.97. The Hall–Kier alpha value is -2.26. The second-order valence-corrected chi connectivity index (χ2v) is 9.80. The quantitative estimate of drug-likeness (QED) is 0.648. The van der Waals surface area contributed by atoms with Crippen LogP contribution >= 0.6 is 22.9 Å². The molecule has 9 heteroatoms. The van der Waals surface area contributed by atoms with E-state index in [4.69, 9.17) is 11.6 Å². The van der Waals surface area contributed by atoms with Crippen molar-refractivity contribution >= 4 is 44.6 Å². The number of anilines is 1. The Bertz CT molecular complexity index is 1120. The van der Waals surface area contributed by atoms with Gasteiger partial charge in [-0.15, -0.1) is 11.3 Å². The monoisotopic (exact) mass is 435 g/mol. The van der Waals surface area contributed by atoms with Crippen LogP contribution in [0.25, 0.3) is 10.6 Å². The second kappa shape index (κ2) is 8.00. The van der Waals surface area contributed by atoms with Gasteiger partial charge in [0.15, 0.2) is 0 Å². The number of nitrogens with zero attached hydrogens (tertiary/aromatic N) is 2. The maximum atomic E-state index is 12.6. The Balaban J connectivity index is 1.80. The Kier molecular flexibility index (Phi) is 5.85. The smallest absolute Gasteiger partial charge is 0.267 e. The molecule has 1 amide bonds. The fraction of sp³-hybridized carbons (Fsp3) is 0.158. The molecule has 1 heterocycles. The standard InChI is InChI=1S/C19H18ClN3O3S2/c1-12-17(27-19(21-12)13-5-4-6-14(20)11-13)18(24)22-15-7-9-16(10-8-15)28(25,26)23(2)3/h4-11H,1-3H3,(H,22,24). The fourth-order valence-electron chi connectivity index (χ4n) is 2.46. The van der Waals surface area contributed by atoms with Crippen LogP contribution in [0.1, 0.15) is 15.4 Å². The maximum absolute atomic E-state index is 12.6. The van der Waals surface area contributed by atoms with Crippen LogP contribution < -0.4 is 5.32 Å². The molecule has 0 aliphatic carbocycles. The maximum Gasteiger partial charge on any atom is 0.267 e. The number of nitrogens with one attached hydrogen (secondary N) is 1. The minimum atomic E-state index is -3.51. The first-order valence-corrected chi connectivity index (χ1v) is 10.9. The van der Waals surface area contributed by atoms with E-state index in [9.17, 15) is 13.2 Å². The van der Waals surface area contributed by atoms with Gasteiger partial charge in [-0.05, 0) is 43.3 Å². The number of sulfonamides is 1. The summed E-state index contributed by atoms with van der Waals surface area (Å²) < 4.78 is 25.4. The Morgan fingerprint density at radius 2 is 1.82 bits per heavy atom. The number of aryl methyl sites for hydroxylation is 1. The van der Waals surface area contributed by atoms with Gasteiger partial charge in [-0.3, -0.25) is 4.79 Å². The van der Waals surface area contributed by atoms with Crippen LogP contribution in [0.15, 0.2) is 53.4 Å². The van der Waals surface area contributed by atoms with Gasteiger partial charge in [0, 0.05) is 30.4 Å². The van der Waals surface area contributed by atoms with E-state index in [0.717, 1.165) is 9.87 Å². The van der Waals surface area contributed by atoms with Gasteiger partial charge in [0.1, 0.15) is 9.88 Å². The third-order valence-corrected chi connectivity index (χ3v) is 7.23. The number of thiazole rings is 1. The molecule has 2 aromatic carbocycles. The number of aromatic nitrogens is 1. The zero-order valence-corrected chi connectivity index (χ0v) is 17.8. The summed E-state index contributed by atoms with van der Waals surface area (Å²) in [5, 5.41) is 4.09. The van der Waals surface area contributed by atoms with Crippen LogP contribution in [0.3, 0.4) is 0 Å². The van der Waals surface area contributed by atoms with Crippen molar-refractivity contribution in [2.45, 2.75) is 11.8 Å². The highest BCUT2D eigenvalue weighted by Crippen LogP contribution is 2.30. The summed E-state index contributed by atoms with van der Waals surface area (Å²) in [6, 6.07) is 13.3. The second-order valence-electron chi connectivity index (χ2n) is 6.21. The summed E-state index contributed by atoms with van der Waals surface area (Å²) in [6.45, 7) is 1.77. The van der Waals surface area contributed by atoms with Crippen molar-refractivity contribution in [3.8, 4) is 10.6 Å². The minimum Gasteiger partial charge on any atom is -0.321 e. The van der Waals surface area contributed by atoms with Crippen molar-refractivity contribution in [1.29, 1.82) is 0 Å². The predicted octanol–water partition coefficient (Wildman–Crippen LogP) is 4.27. The van der Waals surface area contributed by atoms with Crippen molar-refractivity contribution in [3.05, 3.63) is 64.1 Å². The molecule has 0 unspecified atom stereocenters. The molecule has 0 saturated heterocycles. The largest absolute Gasteiger partial charge is 0.321 e. The molecule has 3 rings (SSSR count). The summed E-state index contributed by atoms with van der Waals surface area (Å²) in [5.41, 5.74) is 1.96. The van der Waals surface area contributed by atoms with Crippen LogP contribution in [0, 0.1) is 6.92 Å². The Labute approximate surface area is 172 Å². The highest BCUT2D eigenvalue weighted by Gasteiger charge is 2.19. The highest BCUT2D eigenvalue weighted by molar-refractivity contribution is 7.89. The lowest BCUT2D eigenvalue weighted by Crippen LogP contribution is -2.22. The zero-order chi connectivity index (χ0) is 20.5. The van der Waals surface area contributed by atoms with Crippen molar-refractivity contribution < 1.29 is 13.2 Å². The van der Waals surface area contributed by atoms with E-state index in [-0.39, 0.29) is 10.8 Å². The predicted molar refractivity (Wildman–Crippen MR) is 113 cm³/mol. The van der Waals surface area contributed by atoms with Crippen LogP contribution in [-0.2, 0) is 10.0 Å². The number of carbonyl (C=O) groups excluding carboxylic acids is 1. The average molecular weight is 436 g/mol. The van der Waals surface area contributed by atoms with Crippen LogP contribution in [0.5, 0.6) is 0 Å². The summed E-state index contributed by atoms with van der Waals surface area (Å²) >= 11 is 7.30. The number of hydrogen-bond donors (Lipinski definition) is 1. The molecular weight excluding hydrogens is 418 g/mol. The molecular formula is C19H18ClN3O3S2. The number of rotatable bonds is 5. The van der Waals surface area contributed by atoms with Crippen molar-refractivity contribution in [2.24, 2.45) is 0 Å². The molecule has 1 aromatic heterocycles. The van der Waals surface area contributed by atoms with Crippen LogP contribution in [0.2, 0.25) is 5.02 Å². The number of amides is 1. The van der Waals surface area contributed by atoms with Gasteiger partial charge in [0.05, 0.1) is 10.6 Å². The van der Waals surface area contributed by atoms with Crippen molar-refractivity contribution in [2.75, 3.05) is 19.4 Å². The Morgan fingerprint density at radius 3 is 2.43 bits per heavy atom. The molecule has 1 N–H and O–H groups in total. The van der Waals surface area contributed by atoms with E-state index in [1.807, 2.05) is 12.1 Å². The first-order chi connectivity index (χ1) is 13.2. The molecule has 28 heavy (non-hydrogen) atoms. The molecule has 146 valence electrons. The first-order valence-electron chi connectivity index (χ1n) is 8.26. The lowest BCUT2D eigenvalue weighted by atomic mass is 10.2. The fourth-order valence-corrected chi connectivity index (χ4v) is 4.51. The molecule has 6 nitrogen and oxygen atoms in total. The average Bonchev–Trinajstić information content (AvgIpc) is 3.04. The highest BCUT2D eigenvalue weighted by atomic mass is 35.5. The van der Waals surface area contributed by atoms with Crippen LogP contribution in [-0.4, -0.2) is 37.7 Å².